The number of sulfonamides is 1. The zero-order valence-corrected chi connectivity index (χ0v) is 21.5. The van der Waals surface area contributed by atoms with E-state index in [0.29, 0.717) is 6.54 Å². The topological polar surface area (TPSA) is 78.0 Å². The van der Waals surface area contributed by atoms with Crippen LogP contribution in [0.3, 0.4) is 0 Å². The summed E-state index contributed by atoms with van der Waals surface area (Å²) >= 11 is 4.48. The molecule has 0 N–H and O–H groups in total. The molecule has 2 atom stereocenters. The van der Waals surface area contributed by atoms with Crippen molar-refractivity contribution in [2.24, 2.45) is 0 Å². The summed E-state index contributed by atoms with van der Waals surface area (Å²) in [5.41, 5.74) is 0.985. The second kappa shape index (κ2) is 10.4. The Morgan fingerprint density at radius 3 is 2.31 bits per heavy atom. The van der Waals surface area contributed by atoms with Crippen molar-refractivity contribution in [1.82, 2.24) is 14.1 Å². The number of fused-ring (bicyclic) bond motifs is 1. The van der Waals surface area contributed by atoms with Crippen LogP contribution >= 0.6 is 12.6 Å². The Hall–Kier alpha value is -2.88. The zero-order chi connectivity index (χ0) is 25.2. The highest BCUT2D eigenvalue weighted by molar-refractivity contribution is 7.89. The molecule has 0 bridgehead atoms. The van der Waals surface area contributed by atoms with E-state index >= 15 is 0 Å². The number of likely N-dealkylation sites (N-methyl/N-ethyl adjacent to an activating group) is 2. The molecule has 0 spiro atoms. The third-order valence-electron chi connectivity index (χ3n) is 6.28. The van der Waals surface area contributed by atoms with Gasteiger partial charge in [0.15, 0.2) is 0 Å². The molecule has 0 radical (unpaired) electrons. The Bertz CT molecular complexity index is 1330. The van der Waals surface area contributed by atoms with Crippen LogP contribution in [-0.4, -0.2) is 72.8 Å². The molecule has 3 aromatic carbocycles. The second-order valence-corrected chi connectivity index (χ2v) is 11.5. The first kappa shape index (κ1) is 25.2. The first-order chi connectivity index (χ1) is 16.7. The summed E-state index contributed by atoms with van der Waals surface area (Å²) < 4.78 is 28.3. The normalized spacial score (nSPS) is 18.5. The molecule has 9 heteroatoms. The van der Waals surface area contributed by atoms with Gasteiger partial charge in [0.25, 0.3) is 0 Å². The van der Waals surface area contributed by atoms with Gasteiger partial charge in [0.1, 0.15) is 6.04 Å². The molecule has 1 saturated heterocycles. The lowest BCUT2D eigenvalue weighted by molar-refractivity contribution is -0.140. The van der Waals surface area contributed by atoms with Crippen LogP contribution in [0, 0.1) is 0 Å². The van der Waals surface area contributed by atoms with E-state index in [1.807, 2.05) is 54.6 Å². The predicted molar refractivity (Wildman–Crippen MR) is 140 cm³/mol. The molecule has 1 aliphatic heterocycles. The fraction of sp³-hybridized carbons (Fsp3) is 0.308. The molecule has 2 amide bonds. The fourth-order valence-electron chi connectivity index (χ4n) is 4.34. The summed E-state index contributed by atoms with van der Waals surface area (Å²) in [6, 6.07) is 21.1. The molecule has 1 fully saturated rings. The highest BCUT2D eigenvalue weighted by Crippen LogP contribution is 2.31. The number of hydrogen-bond donors (Lipinski definition) is 1. The average molecular weight is 512 g/mol. The monoisotopic (exact) mass is 511 g/mol. The smallest absolute Gasteiger partial charge is 0.243 e. The summed E-state index contributed by atoms with van der Waals surface area (Å²) in [5, 5.41) is 1.47. The fourth-order valence-corrected chi connectivity index (χ4v) is 6.50. The quantitative estimate of drug-likeness (QED) is 0.495. The number of carbonyl (C=O) groups is 2. The van der Waals surface area contributed by atoms with Crippen molar-refractivity contribution < 1.29 is 18.0 Å². The molecular formula is C26H29N3O4S2. The minimum Gasteiger partial charge on any atom is -0.340 e. The molecule has 0 saturated carbocycles. The van der Waals surface area contributed by atoms with Crippen LogP contribution in [0.5, 0.6) is 0 Å². The van der Waals surface area contributed by atoms with Gasteiger partial charge >= 0.3 is 0 Å². The maximum absolute atomic E-state index is 13.5. The molecule has 0 aliphatic carbocycles. The molecule has 35 heavy (non-hydrogen) atoms. The lowest BCUT2D eigenvalue weighted by Crippen LogP contribution is -2.49. The lowest BCUT2D eigenvalue weighted by atomic mass is 10.1. The third-order valence-corrected chi connectivity index (χ3v) is 8.53. The molecule has 7 nitrogen and oxygen atoms in total. The second-order valence-electron chi connectivity index (χ2n) is 8.92. The number of rotatable bonds is 7. The Balaban J connectivity index is 1.49. The Morgan fingerprint density at radius 1 is 0.943 bits per heavy atom. The SMILES string of the molecule is CN(Cc1ccccc1)C(=O)CN(C)C(=O)[C@@H]1C[C@@H](S)CN1S(=O)(=O)c1ccc2ccccc2c1. The van der Waals surface area contributed by atoms with Crippen molar-refractivity contribution in [2.75, 3.05) is 27.2 Å². The molecule has 1 heterocycles. The Morgan fingerprint density at radius 2 is 1.60 bits per heavy atom. The van der Waals surface area contributed by atoms with Crippen LogP contribution < -0.4 is 0 Å². The lowest BCUT2D eigenvalue weighted by Gasteiger charge is -2.28. The van der Waals surface area contributed by atoms with Crippen LogP contribution in [0.25, 0.3) is 10.8 Å². The third kappa shape index (κ3) is 5.52. The predicted octanol–water partition coefficient (Wildman–Crippen LogP) is 3.02. The van der Waals surface area contributed by atoms with E-state index in [0.717, 1.165) is 16.3 Å². The first-order valence-corrected chi connectivity index (χ1v) is 13.3. The van der Waals surface area contributed by atoms with Gasteiger partial charge in [0.2, 0.25) is 21.8 Å². The van der Waals surface area contributed by atoms with E-state index in [1.54, 1.807) is 30.1 Å². The van der Waals surface area contributed by atoms with Crippen LogP contribution in [0.2, 0.25) is 0 Å². The van der Waals surface area contributed by atoms with Gasteiger partial charge < -0.3 is 9.80 Å². The van der Waals surface area contributed by atoms with Crippen molar-refractivity contribution in [1.29, 1.82) is 0 Å². The van der Waals surface area contributed by atoms with E-state index in [2.05, 4.69) is 12.6 Å². The van der Waals surface area contributed by atoms with Crippen molar-refractivity contribution in [2.45, 2.75) is 29.2 Å². The van der Waals surface area contributed by atoms with Crippen molar-refractivity contribution in [3.63, 3.8) is 0 Å². The van der Waals surface area contributed by atoms with E-state index in [1.165, 1.54) is 16.3 Å². The van der Waals surface area contributed by atoms with E-state index in [-0.39, 0.29) is 35.6 Å². The largest absolute Gasteiger partial charge is 0.340 e. The van der Waals surface area contributed by atoms with Crippen molar-refractivity contribution in [3.8, 4) is 0 Å². The molecule has 3 aromatic rings. The minimum atomic E-state index is -3.93. The number of carbonyl (C=O) groups excluding carboxylic acids is 2. The summed E-state index contributed by atoms with van der Waals surface area (Å²) in [6.45, 7) is 0.413. The van der Waals surface area contributed by atoms with Gasteiger partial charge in [-0.25, -0.2) is 8.42 Å². The zero-order valence-electron chi connectivity index (χ0n) is 19.7. The number of thiol groups is 1. The molecular weight excluding hydrogens is 482 g/mol. The van der Waals surface area contributed by atoms with Crippen molar-refractivity contribution in [3.05, 3.63) is 78.4 Å². The Labute approximate surface area is 211 Å². The molecule has 4 rings (SSSR count). The van der Waals surface area contributed by atoms with Gasteiger partial charge in [-0.3, -0.25) is 9.59 Å². The van der Waals surface area contributed by atoms with Crippen molar-refractivity contribution >= 4 is 45.2 Å². The Kier molecular flexibility index (Phi) is 7.49. The van der Waals surface area contributed by atoms with Crippen LogP contribution in [0.1, 0.15) is 12.0 Å². The summed E-state index contributed by atoms with van der Waals surface area (Å²) in [5.74, 6) is -0.638. The van der Waals surface area contributed by atoms with Gasteiger partial charge in [-0.05, 0) is 34.9 Å². The molecule has 1 aliphatic rings. The average Bonchev–Trinajstić information content (AvgIpc) is 3.26. The highest BCUT2D eigenvalue weighted by atomic mass is 32.2. The molecule has 0 aromatic heterocycles. The minimum absolute atomic E-state index is 0.129. The highest BCUT2D eigenvalue weighted by Gasteiger charge is 2.44. The number of nitrogens with zero attached hydrogens (tertiary/aromatic N) is 3. The van der Waals surface area contributed by atoms with E-state index < -0.39 is 22.0 Å². The van der Waals surface area contributed by atoms with E-state index in [9.17, 15) is 18.0 Å². The summed E-state index contributed by atoms with van der Waals surface area (Å²) in [6.07, 6.45) is 0.285. The van der Waals surface area contributed by atoms with Gasteiger partial charge in [0.05, 0.1) is 11.4 Å². The van der Waals surface area contributed by atoms with E-state index in [4.69, 9.17) is 0 Å². The van der Waals surface area contributed by atoms with Gasteiger partial charge in [-0.2, -0.15) is 16.9 Å². The summed E-state index contributed by atoms with van der Waals surface area (Å²) in [4.78, 5) is 29.1. The van der Waals surface area contributed by atoms with Crippen LogP contribution in [0.4, 0.5) is 0 Å². The number of amides is 2. The van der Waals surface area contributed by atoms with Gasteiger partial charge in [0, 0.05) is 32.4 Å². The number of hydrogen-bond acceptors (Lipinski definition) is 5. The summed E-state index contributed by atoms with van der Waals surface area (Å²) in [7, 11) is -0.720. The first-order valence-electron chi connectivity index (χ1n) is 11.4. The number of benzene rings is 3. The molecule has 0 unspecified atom stereocenters. The maximum atomic E-state index is 13.5. The van der Waals surface area contributed by atoms with Gasteiger partial charge in [-0.1, -0.05) is 60.7 Å². The van der Waals surface area contributed by atoms with Crippen LogP contribution in [0.15, 0.2) is 77.7 Å². The standard InChI is InChI=1S/C26H29N3O4S2/c1-27(16-19-8-4-3-5-9-19)25(30)18-28(2)26(31)24-15-22(34)17-29(24)35(32,33)23-13-12-20-10-6-7-11-21(20)14-23/h3-14,22,24,34H,15-18H2,1-2H3/t22-,24+/m1/s1. The van der Waals surface area contributed by atoms with Gasteiger partial charge in [-0.15, -0.1) is 0 Å². The maximum Gasteiger partial charge on any atom is 0.243 e. The van der Waals surface area contributed by atoms with Crippen LogP contribution in [-0.2, 0) is 26.2 Å². The molecule has 184 valence electrons.